The molecule has 0 spiro atoms. The van der Waals surface area contributed by atoms with Gasteiger partial charge in [0, 0.05) is 47.8 Å². The van der Waals surface area contributed by atoms with Crippen molar-refractivity contribution in [3.63, 3.8) is 0 Å². The third kappa shape index (κ3) is 5.77. The number of halogens is 1. The van der Waals surface area contributed by atoms with Crippen LogP contribution in [0.4, 0.5) is 5.95 Å². The maximum atomic E-state index is 6.02. The Labute approximate surface area is 217 Å². The molecule has 6 nitrogen and oxygen atoms in total. The Bertz CT molecular complexity index is 1330. The van der Waals surface area contributed by atoms with Crippen molar-refractivity contribution < 1.29 is 4.74 Å². The number of aromatic nitrogens is 3. The standard InChI is InChI=1S/C29H32ClN5O/c1-19(2)36-28-25(5-4-14-31-28)22-8-11-27-26(17-22)20(3)32-29(34-27)33-24-12-15-35(16-13-24)18-21-6-9-23(30)10-7-21/h4-11,14,17,19,24H,12-13,15-16,18H2,1-3H3,(H,32,33,34). The number of benzene rings is 2. The van der Waals surface area contributed by atoms with Crippen LogP contribution in [-0.2, 0) is 6.54 Å². The first-order valence-corrected chi connectivity index (χ1v) is 13.0. The predicted octanol–water partition coefficient (Wildman–Crippen LogP) is 6.52. The fourth-order valence-electron chi connectivity index (χ4n) is 4.71. The van der Waals surface area contributed by atoms with Gasteiger partial charge in [-0.1, -0.05) is 29.8 Å². The number of anilines is 1. The van der Waals surface area contributed by atoms with Gasteiger partial charge < -0.3 is 10.1 Å². The van der Waals surface area contributed by atoms with Crippen LogP contribution >= 0.6 is 11.6 Å². The predicted molar refractivity (Wildman–Crippen MR) is 147 cm³/mol. The number of piperidine rings is 1. The molecule has 1 N–H and O–H groups in total. The van der Waals surface area contributed by atoms with Gasteiger partial charge in [-0.3, -0.25) is 4.90 Å². The van der Waals surface area contributed by atoms with Crippen molar-refractivity contribution in [2.24, 2.45) is 0 Å². The first kappa shape index (κ1) is 24.5. The zero-order valence-corrected chi connectivity index (χ0v) is 21.8. The molecule has 0 atom stereocenters. The van der Waals surface area contributed by atoms with Crippen LogP contribution in [0.5, 0.6) is 5.88 Å². The Morgan fingerprint density at radius 1 is 1.06 bits per heavy atom. The molecule has 1 aliphatic rings. The van der Waals surface area contributed by atoms with Gasteiger partial charge >= 0.3 is 0 Å². The lowest BCUT2D eigenvalue weighted by Gasteiger charge is -2.32. The number of rotatable bonds is 7. The van der Waals surface area contributed by atoms with Gasteiger partial charge in [0.1, 0.15) is 0 Å². The quantitative estimate of drug-likeness (QED) is 0.311. The highest BCUT2D eigenvalue weighted by Crippen LogP contribution is 2.31. The minimum Gasteiger partial charge on any atom is -0.475 e. The largest absolute Gasteiger partial charge is 0.475 e. The van der Waals surface area contributed by atoms with Crippen LogP contribution < -0.4 is 10.1 Å². The summed E-state index contributed by atoms with van der Waals surface area (Å²) in [6, 6.07) is 18.8. The molecule has 0 bridgehead atoms. The fraction of sp³-hybridized carbons (Fsp3) is 0.345. The van der Waals surface area contributed by atoms with Crippen LogP contribution in [0, 0.1) is 6.92 Å². The minimum absolute atomic E-state index is 0.0575. The lowest BCUT2D eigenvalue weighted by atomic mass is 10.0. The second-order valence-electron chi connectivity index (χ2n) is 9.71. The molecule has 0 aliphatic carbocycles. The van der Waals surface area contributed by atoms with E-state index in [1.807, 2.05) is 45.0 Å². The van der Waals surface area contributed by atoms with Crippen LogP contribution in [0.2, 0.25) is 5.02 Å². The van der Waals surface area contributed by atoms with Gasteiger partial charge in [-0.2, -0.15) is 0 Å². The van der Waals surface area contributed by atoms with E-state index >= 15 is 0 Å². The van der Waals surface area contributed by atoms with E-state index in [1.165, 1.54) is 5.56 Å². The zero-order valence-electron chi connectivity index (χ0n) is 21.0. The lowest BCUT2D eigenvalue weighted by molar-refractivity contribution is 0.211. The average Bonchev–Trinajstić information content (AvgIpc) is 2.87. The molecule has 36 heavy (non-hydrogen) atoms. The number of likely N-dealkylation sites (tertiary alicyclic amines) is 1. The summed E-state index contributed by atoms with van der Waals surface area (Å²) in [5, 5.41) is 5.41. The highest BCUT2D eigenvalue weighted by Gasteiger charge is 2.20. The smallest absolute Gasteiger partial charge is 0.223 e. The summed E-state index contributed by atoms with van der Waals surface area (Å²) in [6.45, 7) is 9.11. The molecule has 186 valence electrons. The van der Waals surface area contributed by atoms with Crippen molar-refractivity contribution >= 4 is 28.5 Å². The van der Waals surface area contributed by atoms with Gasteiger partial charge in [0.2, 0.25) is 11.8 Å². The van der Waals surface area contributed by atoms with Crippen molar-refractivity contribution in [1.29, 1.82) is 0 Å². The van der Waals surface area contributed by atoms with E-state index in [1.54, 1.807) is 6.20 Å². The second-order valence-corrected chi connectivity index (χ2v) is 10.1. The molecule has 2 aromatic carbocycles. The molecule has 1 aliphatic heterocycles. The summed E-state index contributed by atoms with van der Waals surface area (Å²) in [5.41, 5.74) is 5.21. The summed E-state index contributed by atoms with van der Waals surface area (Å²) < 4.78 is 5.93. The maximum Gasteiger partial charge on any atom is 0.223 e. The molecular weight excluding hydrogens is 470 g/mol. The number of hydrogen-bond acceptors (Lipinski definition) is 6. The summed E-state index contributed by atoms with van der Waals surface area (Å²) >= 11 is 6.02. The Morgan fingerprint density at radius 3 is 2.58 bits per heavy atom. The van der Waals surface area contributed by atoms with Gasteiger partial charge in [-0.25, -0.2) is 15.0 Å². The molecule has 5 rings (SSSR count). The van der Waals surface area contributed by atoms with Gasteiger partial charge in [0.25, 0.3) is 0 Å². The third-order valence-corrected chi connectivity index (χ3v) is 6.81. The number of nitrogens with zero attached hydrogens (tertiary/aromatic N) is 4. The van der Waals surface area contributed by atoms with E-state index in [0.29, 0.717) is 17.9 Å². The van der Waals surface area contributed by atoms with Crippen LogP contribution in [0.3, 0.4) is 0 Å². The van der Waals surface area contributed by atoms with E-state index in [4.69, 9.17) is 26.3 Å². The highest BCUT2D eigenvalue weighted by molar-refractivity contribution is 6.30. The maximum absolute atomic E-state index is 6.02. The van der Waals surface area contributed by atoms with Gasteiger partial charge in [0.05, 0.1) is 17.3 Å². The average molecular weight is 502 g/mol. The van der Waals surface area contributed by atoms with Crippen LogP contribution in [0.15, 0.2) is 60.8 Å². The molecule has 0 saturated carbocycles. The fourth-order valence-corrected chi connectivity index (χ4v) is 4.83. The number of ether oxygens (including phenoxy) is 1. The van der Waals surface area contributed by atoms with E-state index in [0.717, 1.165) is 65.2 Å². The topological polar surface area (TPSA) is 63.2 Å². The van der Waals surface area contributed by atoms with Crippen LogP contribution in [0.25, 0.3) is 22.0 Å². The number of aryl methyl sites for hydroxylation is 1. The molecule has 0 radical (unpaired) electrons. The third-order valence-electron chi connectivity index (χ3n) is 6.56. The minimum atomic E-state index is 0.0575. The zero-order chi connectivity index (χ0) is 25.1. The number of hydrogen-bond donors (Lipinski definition) is 1. The Kier molecular flexibility index (Phi) is 7.35. The normalized spacial score (nSPS) is 14.9. The molecule has 1 fully saturated rings. The van der Waals surface area contributed by atoms with Gasteiger partial charge in [-0.15, -0.1) is 0 Å². The molecule has 7 heteroatoms. The molecule has 0 amide bonds. The van der Waals surface area contributed by atoms with E-state index in [9.17, 15) is 0 Å². The van der Waals surface area contributed by atoms with Crippen molar-refractivity contribution in [3.8, 4) is 17.0 Å². The van der Waals surface area contributed by atoms with Crippen molar-refractivity contribution in [2.75, 3.05) is 18.4 Å². The molecule has 0 unspecified atom stereocenters. The summed E-state index contributed by atoms with van der Waals surface area (Å²) in [7, 11) is 0. The molecule has 3 heterocycles. The molecule has 2 aromatic heterocycles. The first-order valence-electron chi connectivity index (χ1n) is 12.6. The van der Waals surface area contributed by atoms with Crippen LogP contribution in [0.1, 0.15) is 37.9 Å². The van der Waals surface area contributed by atoms with Crippen molar-refractivity contribution in [3.05, 3.63) is 77.1 Å². The molecule has 1 saturated heterocycles. The summed E-state index contributed by atoms with van der Waals surface area (Å²) in [5.74, 6) is 1.35. The van der Waals surface area contributed by atoms with Gasteiger partial charge in [-0.05, 0) is 81.1 Å². The lowest BCUT2D eigenvalue weighted by Crippen LogP contribution is -2.39. The number of pyridine rings is 1. The van der Waals surface area contributed by atoms with Gasteiger partial charge in [0.15, 0.2) is 0 Å². The Morgan fingerprint density at radius 2 is 1.83 bits per heavy atom. The van der Waals surface area contributed by atoms with E-state index < -0.39 is 0 Å². The van der Waals surface area contributed by atoms with Crippen molar-refractivity contribution in [2.45, 2.75) is 52.3 Å². The first-order chi connectivity index (χ1) is 17.4. The summed E-state index contributed by atoms with van der Waals surface area (Å²) in [6.07, 6.45) is 3.94. The second kappa shape index (κ2) is 10.8. The van der Waals surface area contributed by atoms with Crippen LogP contribution in [-0.4, -0.2) is 45.1 Å². The Hall–Kier alpha value is -3.22. The number of fused-ring (bicyclic) bond motifs is 1. The monoisotopic (exact) mass is 501 g/mol. The highest BCUT2D eigenvalue weighted by atomic mass is 35.5. The molecule has 4 aromatic rings. The molecular formula is C29H32ClN5O. The summed E-state index contributed by atoms with van der Waals surface area (Å²) in [4.78, 5) is 16.6. The van der Waals surface area contributed by atoms with Crippen molar-refractivity contribution in [1.82, 2.24) is 19.9 Å². The SMILES string of the molecule is Cc1nc(NC2CCN(Cc3ccc(Cl)cc3)CC2)nc2ccc(-c3cccnc3OC(C)C)cc12. The Balaban J connectivity index is 1.27. The van der Waals surface area contributed by atoms with E-state index in [-0.39, 0.29) is 6.10 Å². The van der Waals surface area contributed by atoms with E-state index in [2.05, 4.69) is 45.5 Å². The number of nitrogens with one attached hydrogen (secondary N) is 1.